The Morgan fingerprint density at radius 3 is 2.93 bits per heavy atom. The van der Waals surface area contributed by atoms with E-state index in [1.807, 2.05) is 13.1 Å². The number of likely N-dealkylation sites (N-methyl/N-ethyl adjacent to an activating group) is 1. The van der Waals surface area contributed by atoms with E-state index in [1.165, 1.54) is 0 Å². The number of aromatic nitrogens is 1. The molecule has 0 aliphatic carbocycles. The first-order valence-electron chi connectivity index (χ1n) is 4.78. The average Bonchev–Trinajstić information content (AvgIpc) is 2.15. The lowest BCUT2D eigenvalue weighted by molar-refractivity contribution is 0.0674. The lowest BCUT2D eigenvalue weighted by atomic mass is 10.1. The van der Waals surface area contributed by atoms with Crippen LogP contribution in [0.5, 0.6) is 0 Å². The standard InChI is InChI=1S/C10H12BrN3O/c1-14(7-5-12-6-7)10(15)9-8(11)3-2-4-13-9/h2-4,7,12H,5-6H2,1H3. The second kappa shape index (κ2) is 4.28. The number of amides is 1. The molecular formula is C10H12BrN3O. The second-order valence-corrected chi connectivity index (χ2v) is 4.42. The fourth-order valence-corrected chi connectivity index (χ4v) is 1.85. The van der Waals surface area contributed by atoms with Crippen LogP contribution in [0.25, 0.3) is 0 Å². The summed E-state index contributed by atoms with van der Waals surface area (Å²) >= 11 is 3.33. The van der Waals surface area contributed by atoms with Crippen LogP contribution < -0.4 is 5.32 Å². The summed E-state index contributed by atoms with van der Waals surface area (Å²) in [6.45, 7) is 1.74. The fourth-order valence-electron chi connectivity index (χ4n) is 1.42. The van der Waals surface area contributed by atoms with Crippen LogP contribution in [0, 0.1) is 0 Å². The summed E-state index contributed by atoms with van der Waals surface area (Å²) in [6, 6.07) is 3.92. The molecule has 80 valence electrons. The van der Waals surface area contributed by atoms with E-state index in [9.17, 15) is 4.79 Å². The molecule has 1 aromatic heterocycles. The summed E-state index contributed by atoms with van der Waals surface area (Å²) in [5.74, 6) is -0.0334. The molecule has 0 bridgehead atoms. The molecular weight excluding hydrogens is 258 g/mol. The predicted molar refractivity (Wildman–Crippen MR) is 60.7 cm³/mol. The number of nitrogens with zero attached hydrogens (tertiary/aromatic N) is 2. The van der Waals surface area contributed by atoms with Gasteiger partial charge in [-0.15, -0.1) is 0 Å². The summed E-state index contributed by atoms with van der Waals surface area (Å²) < 4.78 is 0.745. The van der Waals surface area contributed by atoms with Crippen LogP contribution in [-0.4, -0.2) is 42.0 Å². The van der Waals surface area contributed by atoms with E-state index < -0.39 is 0 Å². The third kappa shape index (κ3) is 2.03. The molecule has 1 aromatic rings. The highest BCUT2D eigenvalue weighted by Gasteiger charge is 2.27. The lowest BCUT2D eigenvalue weighted by Gasteiger charge is -2.35. The monoisotopic (exact) mass is 269 g/mol. The smallest absolute Gasteiger partial charge is 0.273 e. The van der Waals surface area contributed by atoms with Crippen molar-refractivity contribution >= 4 is 21.8 Å². The Hall–Kier alpha value is -0.940. The van der Waals surface area contributed by atoms with Crippen LogP contribution in [0.2, 0.25) is 0 Å². The van der Waals surface area contributed by atoms with E-state index in [0.29, 0.717) is 11.7 Å². The molecule has 4 nitrogen and oxygen atoms in total. The second-order valence-electron chi connectivity index (χ2n) is 3.56. The number of halogens is 1. The zero-order valence-corrected chi connectivity index (χ0v) is 9.99. The molecule has 15 heavy (non-hydrogen) atoms. The fraction of sp³-hybridized carbons (Fsp3) is 0.400. The highest BCUT2D eigenvalue weighted by atomic mass is 79.9. The molecule has 0 unspecified atom stereocenters. The molecule has 0 aromatic carbocycles. The van der Waals surface area contributed by atoms with Crippen LogP contribution >= 0.6 is 15.9 Å². The Morgan fingerprint density at radius 1 is 1.67 bits per heavy atom. The molecule has 1 N–H and O–H groups in total. The predicted octanol–water partition coefficient (Wildman–Crippen LogP) is 0.888. The molecule has 2 rings (SSSR count). The van der Waals surface area contributed by atoms with Crippen molar-refractivity contribution < 1.29 is 4.79 Å². The minimum atomic E-state index is -0.0334. The van der Waals surface area contributed by atoms with Gasteiger partial charge in [0.2, 0.25) is 0 Å². The maximum Gasteiger partial charge on any atom is 0.273 e. The van der Waals surface area contributed by atoms with Gasteiger partial charge in [-0.1, -0.05) is 0 Å². The lowest BCUT2D eigenvalue weighted by Crippen LogP contribution is -2.57. The largest absolute Gasteiger partial charge is 0.335 e. The van der Waals surface area contributed by atoms with Gasteiger partial charge in [0, 0.05) is 30.8 Å². The van der Waals surface area contributed by atoms with Gasteiger partial charge in [0.15, 0.2) is 0 Å². The first kappa shape index (κ1) is 10.6. The summed E-state index contributed by atoms with van der Waals surface area (Å²) in [7, 11) is 1.81. The van der Waals surface area contributed by atoms with Gasteiger partial charge in [0.25, 0.3) is 5.91 Å². The Bertz CT molecular complexity index is 379. The van der Waals surface area contributed by atoms with Crippen LogP contribution in [0.15, 0.2) is 22.8 Å². The van der Waals surface area contributed by atoms with Crippen LogP contribution in [0.3, 0.4) is 0 Å². The highest BCUT2D eigenvalue weighted by molar-refractivity contribution is 9.10. The van der Waals surface area contributed by atoms with Crippen molar-refractivity contribution in [3.63, 3.8) is 0 Å². The van der Waals surface area contributed by atoms with Crippen molar-refractivity contribution in [1.82, 2.24) is 15.2 Å². The topological polar surface area (TPSA) is 45.2 Å². The molecule has 0 spiro atoms. The summed E-state index contributed by atoms with van der Waals surface area (Å²) in [4.78, 5) is 17.8. The van der Waals surface area contributed by atoms with Crippen molar-refractivity contribution in [2.24, 2.45) is 0 Å². The molecule has 1 aliphatic heterocycles. The molecule has 0 atom stereocenters. The minimum absolute atomic E-state index is 0.0334. The van der Waals surface area contributed by atoms with Gasteiger partial charge in [-0.25, -0.2) is 4.98 Å². The van der Waals surface area contributed by atoms with Gasteiger partial charge in [0.1, 0.15) is 5.69 Å². The summed E-state index contributed by atoms with van der Waals surface area (Å²) in [6.07, 6.45) is 1.63. The first-order chi connectivity index (χ1) is 7.20. The number of carbonyl (C=O) groups is 1. The van der Waals surface area contributed by atoms with Gasteiger partial charge in [-0.2, -0.15) is 0 Å². The third-order valence-corrected chi connectivity index (χ3v) is 3.23. The maximum absolute atomic E-state index is 12.0. The van der Waals surface area contributed by atoms with E-state index in [1.54, 1.807) is 17.2 Å². The average molecular weight is 270 g/mol. The Morgan fingerprint density at radius 2 is 2.40 bits per heavy atom. The molecule has 1 aliphatic rings. The number of carbonyl (C=O) groups excluding carboxylic acids is 1. The summed E-state index contributed by atoms with van der Waals surface area (Å²) in [5.41, 5.74) is 0.479. The van der Waals surface area contributed by atoms with Crippen molar-refractivity contribution in [1.29, 1.82) is 0 Å². The van der Waals surface area contributed by atoms with Gasteiger partial charge in [-0.05, 0) is 28.1 Å². The molecule has 1 fully saturated rings. The Labute approximate surface area is 96.8 Å². The summed E-state index contributed by atoms with van der Waals surface area (Å²) in [5, 5.41) is 3.14. The highest BCUT2D eigenvalue weighted by Crippen LogP contribution is 2.16. The van der Waals surface area contributed by atoms with Gasteiger partial charge in [0.05, 0.1) is 6.04 Å². The number of nitrogens with one attached hydrogen (secondary N) is 1. The number of rotatable bonds is 2. The van der Waals surface area contributed by atoms with E-state index in [4.69, 9.17) is 0 Å². The van der Waals surface area contributed by atoms with Crippen molar-refractivity contribution in [3.05, 3.63) is 28.5 Å². The Balaban J connectivity index is 2.16. The van der Waals surface area contributed by atoms with Gasteiger partial charge < -0.3 is 10.2 Å². The minimum Gasteiger partial charge on any atom is -0.335 e. The van der Waals surface area contributed by atoms with Crippen LogP contribution in [0.1, 0.15) is 10.5 Å². The van der Waals surface area contributed by atoms with E-state index in [2.05, 4.69) is 26.2 Å². The molecule has 1 amide bonds. The molecule has 1 saturated heterocycles. The molecule has 5 heteroatoms. The number of hydrogen-bond donors (Lipinski definition) is 1. The Kier molecular flexibility index (Phi) is 3.02. The van der Waals surface area contributed by atoms with Crippen molar-refractivity contribution in [2.75, 3.05) is 20.1 Å². The van der Waals surface area contributed by atoms with Crippen LogP contribution in [-0.2, 0) is 0 Å². The van der Waals surface area contributed by atoms with E-state index in [-0.39, 0.29) is 5.91 Å². The molecule has 0 radical (unpaired) electrons. The van der Waals surface area contributed by atoms with E-state index in [0.717, 1.165) is 17.6 Å². The van der Waals surface area contributed by atoms with Gasteiger partial charge >= 0.3 is 0 Å². The SMILES string of the molecule is CN(C(=O)c1ncccc1Br)C1CNC1. The van der Waals surface area contributed by atoms with Crippen molar-refractivity contribution in [3.8, 4) is 0 Å². The maximum atomic E-state index is 12.0. The van der Waals surface area contributed by atoms with E-state index >= 15 is 0 Å². The van der Waals surface area contributed by atoms with Crippen LogP contribution in [0.4, 0.5) is 0 Å². The quantitative estimate of drug-likeness (QED) is 0.868. The normalized spacial score (nSPS) is 15.9. The molecule has 0 saturated carbocycles. The first-order valence-corrected chi connectivity index (χ1v) is 5.58. The number of pyridine rings is 1. The zero-order valence-electron chi connectivity index (χ0n) is 8.40. The van der Waals surface area contributed by atoms with Gasteiger partial charge in [-0.3, -0.25) is 4.79 Å². The van der Waals surface area contributed by atoms with Crippen molar-refractivity contribution in [2.45, 2.75) is 6.04 Å². The zero-order chi connectivity index (χ0) is 10.8. The third-order valence-electron chi connectivity index (χ3n) is 2.59. The number of hydrogen-bond acceptors (Lipinski definition) is 3. The molecule has 2 heterocycles.